The first kappa shape index (κ1) is 19.6. The first-order chi connectivity index (χ1) is 12.1. The molecule has 2 rings (SSSR count). The van der Waals surface area contributed by atoms with Crippen LogP contribution in [0.4, 0.5) is 0 Å². The lowest BCUT2D eigenvalue weighted by Gasteiger charge is -2.12. The highest BCUT2D eigenvalue weighted by molar-refractivity contribution is 7.99. The first-order valence-electron chi connectivity index (χ1n) is 9.08. The molecule has 134 valence electrons. The van der Waals surface area contributed by atoms with Gasteiger partial charge in [-0.25, -0.2) is 0 Å². The number of hydrogen-bond acceptors (Lipinski definition) is 2. The molecule has 0 aliphatic carbocycles. The van der Waals surface area contributed by atoms with Crippen molar-refractivity contribution in [2.24, 2.45) is 0 Å². The molecule has 25 heavy (non-hydrogen) atoms. The molecule has 0 fully saturated rings. The van der Waals surface area contributed by atoms with Crippen LogP contribution in [0.2, 0.25) is 0 Å². The van der Waals surface area contributed by atoms with E-state index in [1.165, 1.54) is 16.7 Å². The Hall–Kier alpha value is -1.74. The zero-order valence-corrected chi connectivity index (χ0v) is 16.3. The molecule has 0 spiro atoms. The highest BCUT2D eigenvalue weighted by atomic mass is 32.2. The second-order valence-corrected chi connectivity index (χ2v) is 8.06. The van der Waals surface area contributed by atoms with Crippen LogP contribution in [-0.4, -0.2) is 17.7 Å². The van der Waals surface area contributed by atoms with Crippen LogP contribution in [0.25, 0.3) is 0 Å². The predicted octanol–water partition coefficient (Wildman–Crippen LogP) is 5.18. The van der Waals surface area contributed by atoms with Crippen LogP contribution in [0.1, 0.15) is 49.8 Å². The third-order valence-corrected chi connectivity index (χ3v) is 5.51. The number of carbonyl (C=O) groups excluding carboxylic acids is 1. The van der Waals surface area contributed by atoms with Gasteiger partial charge in [0.2, 0.25) is 5.91 Å². The standard InChI is InChI=1S/C22H29NOS/c1-17(2)21-13-11-19(12-14-21)10-7-15-23-22(24)18(3)25-16-20-8-5-4-6-9-20/h4-6,8-9,11-14,17-18H,7,10,15-16H2,1-3H3,(H,23,24)/t18-/m0/s1. The SMILES string of the molecule is CC(C)c1ccc(CCCNC(=O)[C@H](C)SCc2ccccc2)cc1. The minimum absolute atomic E-state index is 0.0227. The zero-order valence-electron chi connectivity index (χ0n) is 15.5. The summed E-state index contributed by atoms with van der Waals surface area (Å²) in [6, 6.07) is 19.1. The van der Waals surface area contributed by atoms with Gasteiger partial charge in [0, 0.05) is 12.3 Å². The first-order valence-corrected chi connectivity index (χ1v) is 10.1. The molecule has 0 aromatic heterocycles. The third kappa shape index (κ3) is 6.95. The van der Waals surface area contributed by atoms with Gasteiger partial charge in [0.1, 0.15) is 0 Å². The van der Waals surface area contributed by atoms with Gasteiger partial charge in [-0.15, -0.1) is 11.8 Å². The summed E-state index contributed by atoms with van der Waals surface area (Å²) in [6.07, 6.45) is 1.98. The maximum Gasteiger partial charge on any atom is 0.232 e. The van der Waals surface area contributed by atoms with E-state index in [0.717, 1.165) is 25.1 Å². The third-order valence-electron chi connectivity index (χ3n) is 4.30. The minimum Gasteiger partial charge on any atom is -0.355 e. The fourth-order valence-corrected chi connectivity index (χ4v) is 3.46. The predicted molar refractivity (Wildman–Crippen MR) is 109 cm³/mol. The maximum absolute atomic E-state index is 12.2. The van der Waals surface area contributed by atoms with Crippen LogP contribution in [0, 0.1) is 0 Å². The lowest BCUT2D eigenvalue weighted by Crippen LogP contribution is -2.31. The second-order valence-electron chi connectivity index (χ2n) is 6.73. The van der Waals surface area contributed by atoms with E-state index >= 15 is 0 Å². The summed E-state index contributed by atoms with van der Waals surface area (Å²) in [5.41, 5.74) is 3.98. The van der Waals surface area contributed by atoms with Gasteiger partial charge in [0.25, 0.3) is 0 Å². The molecule has 2 aromatic carbocycles. The van der Waals surface area contributed by atoms with Crippen LogP contribution in [-0.2, 0) is 17.0 Å². The van der Waals surface area contributed by atoms with Gasteiger partial charge in [0.15, 0.2) is 0 Å². The molecule has 0 heterocycles. The van der Waals surface area contributed by atoms with Crippen molar-refractivity contribution in [1.29, 1.82) is 0 Å². The molecule has 1 N–H and O–H groups in total. The van der Waals surface area contributed by atoms with Gasteiger partial charge in [-0.1, -0.05) is 68.4 Å². The van der Waals surface area contributed by atoms with Gasteiger partial charge < -0.3 is 5.32 Å². The summed E-state index contributed by atoms with van der Waals surface area (Å²) in [7, 11) is 0. The zero-order chi connectivity index (χ0) is 18.1. The fourth-order valence-electron chi connectivity index (χ4n) is 2.59. The molecule has 3 heteroatoms. The van der Waals surface area contributed by atoms with Gasteiger partial charge in [-0.2, -0.15) is 0 Å². The fraction of sp³-hybridized carbons (Fsp3) is 0.409. The van der Waals surface area contributed by atoms with Crippen molar-refractivity contribution in [3.05, 3.63) is 71.3 Å². The number of benzene rings is 2. The van der Waals surface area contributed by atoms with E-state index in [1.807, 2.05) is 25.1 Å². The van der Waals surface area contributed by atoms with Gasteiger partial charge >= 0.3 is 0 Å². The van der Waals surface area contributed by atoms with Gasteiger partial charge in [0.05, 0.1) is 5.25 Å². The molecule has 0 unspecified atom stereocenters. The molecule has 0 bridgehead atoms. The lowest BCUT2D eigenvalue weighted by atomic mass is 10.0. The van der Waals surface area contributed by atoms with Gasteiger partial charge in [-0.05, 0) is 42.4 Å². The molecule has 0 aliphatic heterocycles. The number of nitrogens with one attached hydrogen (secondary N) is 1. The van der Waals surface area contributed by atoms with Crippen molar-refractivity contribution < 1.29 is 4.79 Å². The van der Waals surface area contributed by atoms with Crippen molar-refractivity contribution in [2.45, 2.75) is 50.5 Å². The topological polar surface area (TPSA) is 29.1 Å². The van der Waals surface area contributed by atoms with E-state index in [2.05, 4.69) is 55.6 Å². The molecule has 2 aromatic rings. The van der Waals surface area contributed by atoms with Crippen LogP contribution in [0.5, 0.6) is 0 Å². The number of thioether (sulfide) groups is 1. The van der Waals surface area contributed by atoms with Crippen LogP contribution >= 0.6 is 11.8 Å². The number of carbonyl (C=O) groups is 1. The highest BCUT2D eigenvalue weighted by Crippen LogP contribution is 2.18. The maximum atomic E-state index is 12.2. The van der Waals surface area contributed by atoms with E-state index in [-0.39, 0.29) is 11.2 Å². The van der Waals surface area contributed by atoms with E-state index in [4.69, 9.17) is 0 Å². The minimum atomic E-state index is -0.0227. The Labute approximate surface area is 156 Å². The van der Waals surface area contributed by atoms with Gasteiger partial charge in [-0.3, -0.25) is 4.79 Å². The molecule has 1 amide bonds. The molecule has 2 nitrogen and oxygen atoms in total. The quantitative estimate of drug-likeness (QED) is 0.628. The van der Waals surface area contributed by atoms with Crippen LogP contribution in [0.15, 0.2) is 54.6 Å². The smallest absolute Gasteiger partial charge is 0.232 e. The number of aryl methyl sites for hydroxylation is 1. The molecule has 0 radical (unpaired) electrons. The highest BCUT2D eigenvalue weighted by Gasteiger charge is 2.12. The summed E-state index contributed by atoms with van der Waals surface area (Å²) in [5.74, 6) is 1.58. The number of amides is 1. The van der Waals surface area contributed by atoms with Crippen molar-refractivity contribution in [3.63, 3.8) is 0 Å². The summed E-state index contributed by atoms with van der Waals surface area (Å²) in [4.78, 5) is 12.2. The molecule has 1 atom stereocenters. The number of rotatable bonds is 9. The average molecular weight is 356 g/mol. The monoisotopic (exact) mass is 355 g/mol. The Bertz CT molecular complexity index is 637. The van der Waals surface area contributed by atoms with E-state index in [0.29, 0.717) is 5.92 Å². The summed E-state index contributed by atoms with van der Waals surface area (Å²) < 4.78 is 0. The van der Waals surface area contributed by atoms with Crippen LogP contribution < -0.4 is 5.32 Å². The Morgan fingerprint density at radius 2 is 1.64 bits per heavy atom. The Morgan fingerprint density at radius 3 is 2.28 bits per heavy atom. The summed E-state index contributed by atoms with van der Waals surface area (Å²) >= 11 is 1.68. The molecule has 0 aliphatic rings. The molecular formula is C22H29NOS. The van der Waals surface area contributed by atoms with E-state index in [1.54, 1.807) is 11.8 Å². The van der Waals surface area contributed by atoms with Crippen molar-refractivity contribution in [3.8, 4) is 0 Å². The Kier molecular flexibility index (Phi) is 8.07. The largest absolute Gasteiger partial charge is 0.355 e. The molecular weight excluding hydrogens is 326 g/mol. The summed E-state index contributed by atoms with van der Waals surface area (Å²) in [5, 5.41) is 3.04. The normalized spacial score (nSPS) is 12.2. The molecule has 0 saturated carbocycles. The molecule has 0 saturated heterocycles. The summed E-state index contributed by atoms with van der Waals surface area (Å²) in [6.45, 7) is 7.14. The average Bonchev–Trinajstić information content (AvgIpc) is 2.64. The Morgan fingerprint density at radius 1 is 0.960 bits per heavy atom. The second kappa shape index (κ2) is 10.3. The van der Waals surface area contributed by atoms with Crippen molar-refractivity contribution >= 4 is 17.7 Å². The van der Waals surface area contributed by atoms with Crippen molar-refractivity contribution in [1.82, 2.24) is 5.32 Å². The van der Waals surface area contributed by atoms with E-state index < -0.39 is 0 Å². The van der Waals surface area contributed by atoms with E-state index in [9.17, 15) is 4.79 Å². The number of hydrogen-bond donors (Lipinski definition) is 1. The Balaban J connectivity index is 1.64. The van der Waals surface area contributed by atoms with Crippen LogP contribution in [0.3, 0.4) is 0 Å². The lowest BCUT2D eigenvalue weighted by molar-refractivity contribution is -0.120. The van der Waals surface area contributed by atoms with Crippen molar-refractivity contribution in [2.75, 3.05) is 6.54 Å².